The Hall–Kier alpha value is -2.21. The molecule has 6 heteroatoms. The number of carbonyl (C=O) groups is 1. The Morgan fingerprint density at radius 3 is 2.79 bits per heavy atom. The standard InChI is InChI=1S/C13H13FN2O3/c1-8(17)9-6-10(13(18)19-2)11(14)7-12(9)16-5-3-4-15-16/h3-8,17H,1-2H3/t8-/m1/s1. The first-order valence-electron chi connectivity index (χ1n) is 5.64. The normalized spacial score (nSPS) is 12.2. The van der Waals surface area contributed by atoms with Crippen molar-refractivity contribution < 1.29 is 19.0 Å². The highest BCUT2D eigenvalue weighted by Gasteiger charge is 2.19. The molecule has 0 spiro atoms. The van der Waals surface area contributed by atoms with Gasteiger partial charge in [-0.1, -0.05) is 0 Å². The predicted octanol–water partition coefficient (Wildman–Crippen LogP) is 1.85. The third-order valence-corrected chi connectivity index (χ3v) is 2.72. The van der Waals surface area contributed by atoms with E-state index in [1.54, 1.807) is 12.3 Å². The van der Waals surface area contributed by atoms with Crippen LogP contribution in [0.3, 0.4) is 0 Å². The second-order valence-corrected chi connectivity index (χ2v) is 4.01. The number of hydrogen-bond acceptors (Lipinski definition) is 4. The van der Waals surface area contributed by atoms with Gasteiger partial charge in [0.05, 0.1) is 24.5 Å². The minimum absolute atomic E-state index is 0.214. The SMILES string of the molecule is COC(=O)c1cc([C@@H](C)O)c(-n2cccn2)cc1F. The number of aromatic nitrogens is 2. The van der Waals surface area contributed by atoms with Crippen LogP contribution in [0.1, 0.15) is 28.9 Å². The molecule has 2 rings (SSSR count). The fourth-order valence-electron chi connectivity index (χ4n) is 1.79. The first kappa shape index (κ1) is 13.2. The van der Waals surface area contributed by atoms with E-state index in [4.69, 9.17) is 0 Å². The number of hydrogen-bond donors (Lipinski definition) is 1. The Kier molecular flexibility index (Phi) is 3.62. The summed E-state index contributed by atoms with van der Waals surface area (Å²) in [5.74, 6) is -1.51. The zero-order valence-electron chi connectivity index (χ0n) is 10.5. The zero-order valence-corrected chi connectivity index (χ0v) is 10.5. The molecular weight excluding hydrogens is 251 g/mol. The minimum atomic E-state index is -0.872. The van der Waals surface area contributed by atoms with Crippen LogP contribution in [0.2, 0.25) is 0 Å². The second-order valence-electron chi connectivity index (χ2n) is 4.01. The van der Waals surface area contributed by atoms with Crippen LogP contribution in [0.15, 0.2) is 30.6 Å². The van der Waals surface area contributed by atoms with Crippen molar-refractivity contribution in [1.29, 1.82) is 0 Å². The molecule has 0 fully saturated rings. The van der Waals surface area contributed by atoms with Crippen molar-refractivity contribution in [3.05, 3.63) is 47.5 Å². The molecule has 0 aliphatic rings. The van der Waals surface area contributed by atoms with E-state index in [1.807, 2.05) is 0 Å². The molecular formula is C13H13FN2O3. The Morgan fingerprint density at radius 2 is 2.26 bits per heavy atom. The number of carbonyl (C=O) groups excluding carboxylic acids is 1. The molecule has 1 atom stereocenters. The van der Waals surface area contributed by atoms with Crippen molar-refractivity contribution in [2.45, 2.75) is 13.0 Å². The maximum atomic E-state index is 13.9. The molecule has 5 nitrogen and oxygen atoms in total. The van der Waals surface area contributed by atoms with Crippen LogP contribution >= 0.6 is 0 Å². The van der Waals surface area contributed by atoms with Gasteiger partial charge in [0.15, 0.2) is 0 Å². The van der Waals surface area contributed by atoms with Gasteiger partial charge >= 0.3 is 5.97 Å². The molecule has 1 aromatic heterocycles. The third kappa shape index (κ3) is 2.48. The Morgan fingerprint density at radius 1 is 1.53 bits per heavy atom. The maximum Gasteiger partial charge on any atom is 0.340 e. The van der Waals surface area contributed by atoms with Gasteiger partial charge in [0.1, 0.15) is 5.82 Å². The molecule has 1 aromatic carbocycles. The van der Waals surface area contributed by atoms with Crippen LogP contribution in [0.5, 0.6) is 0 Å². The van der Waals surface area contributed by atoms with Crippen molar-refractivity contribution in [1.82, 2.24) is 9.78 Å². The van der Waals surface area contributed by atoms with E-state index >= 15 is 0 Å². The van der Waals surface area contributed by atoms with Gasteiger partial charge in [-0.2, -0.15) is 5.10 Å². The monoisotopic (exact) mass is 264 g/mol. The van der Waals surface area contributed by atoms with Gasteiger partial charge in [-0.25, -0.2) is 13.9 Å². The quantitative estimate of drug-likeness (QED) is 0.859. The Balaban J connectivity index is 2.62. The van der Waals surface area contributed by atoms with E-state index < -0.39 is 17.9 Å². The largest absolute Gasteiger partial charge is 0.465 e. The maximum absolute atomic E-state index is 13.9. The van der Waals surface area contributed by atoms with E-state index in [0.29, 0.717) is 11.3 Å². The number of rotatable bonds is 3. The van der Waals surface area contributed by atoms with Gasteiger partial charge in [0, 0.05) is 24.0 Å². The molecule has 0 saturated carbocycles. The summed E-state index contributed by atoms with van der Waals surface area (Å²) >= 11 is 0. The number of aliphatic hydroxyl groups excluding tert-OH is 1. The first-order chi connectivity index (χ1) is 9.04. The lowest BCUT2D eigenvalue weighted by atomic mass is 10.0. The van der Waals surface area contributed by atoms with Crippen LogP contribution in [0.4, 0.5) is 4.39 Å². The average molecular weight is 264 g/mol. The average Bonchev–Trinajstić information content (AvgIpc) is 2.90. The van der Waals surface area contributed by atoms with Gasteiger partial charge in [-0.15, -0.1) is 0 Å². The third-order valence-electron chi connectivity index (χ3n) is 2.72. The molecule has 0 saturated heterocycles. The summed E-state index contributed by atoms with van der Waals surface area (Å²) in [7, 11) is 1.17. The van der Waals surface area contributed by atoms with Crippen molar-refractivity contribution in [2.75, 3.05) is 7.11 Å². The molecule has 0 amide bonds. The summed E-state index contributed by atoms with van der Waals surface area (Å²) in [6.45, 7) is 1.53. The van der Waals surface area contributed by atoms with Gasteiger partial charge < -0.3 is 9.84 Å². The van der Waals surface area contributed by atoms with Crippen LogP contribution in [-0.4, -0.2) is 28.0 Å². The van der Waals surface area contributed by atoms with Gasteiger partial charge in [-0.3, -0.25) is 0 Å². The second kappa shape index (κ2) is 5.19. The lowest BCUT2D eigenvalue weighted by molar-refractivity contribution is 0.0595. The molecule has 0 radical (unpaired) electrons. The lowest BCUT2D eigenvalue weighted by Crippen LogP contribution is -2.10. The summed E-state index contributed by atoms with van der Waals surface area (Å²) in [4.78, 5) is 11.4. The van der Waals surface area contributed by atoms with Crippen molar-refractivity contribution in [3.63, 3.8) is 0 Å². The molecule has 0 aliphatic carbocycles. The van der Waals surface area contributed by atoms with Crippen LogP contribution in [0.25, 0.3) is 5.69 Å². The van der Waals surface area contributed by atoms with E-state index in [0.717, 1.165) is 6.07 Å². The summed E-state index contributed by atoms with van der Waals surface area (Å²) in [5, 5.41) is 13.7. The summed E-state index contributed by atoms with van der Waals surface area (Å²) in [6, 6.07) is 4.11. The van der Waals surface area contributed by atoms with Crippen LogP contribution in [0, 0.1) is 5.82 Å². The Labute approximate surface area is 109 Å². The highest BCUT2D eigenvalue weighted by atomic mass is 19.1. The highest BCUT2D eigenvalue weighted by Crippen LogP contribution is 2.25. The lowest BCUT2D eigenvalue weighted by Gasteiger charge is -2.14. The summed E-state index contributed by atoms with van der Waals surface area (Å²) in [6.07, 6.45) is 2.29. The summed E-state index contributed by atoms with van der Waals surface area (Å²) < 4.78 is 19.8. The van der Waals surface area contributed by atoms with Crippen molar-refractivity contribution >= 4 is 5.97 Å². The fourth-order valence-corrected chi connectivity index (χ4v) is 1.79. The number of aliphatic hydroxyl groups is 1. The van der Waals surface area contributed by atoms with Gasteiger partial charge in [0.2, 0.25) is 0 Å². The van der Waals surface area contributed by atoms with E-state index in [-0.39, 0.29) is 5.56 Å². The Bertz CT molecular complexity index is 594. The smallest absolute Gasteiger partial charge is 0.340 e. The number of methoxy groups -OCH3 is 1. The summed E-state index contributed by atoms with van der Waals surface area (Å²) in [5.41, 5.74) is 0.560. The topological polar surface area (TPSA) is 64.3 Å². The molecule has 0 aliphatic heterocycles. The molecule has 0 unspecified atom stereocenters. The van der Waals surface area contributed by atoms with E-state index in [9.17, 15) is 14.3 Å². The molecule has 100 valence electrons. The number of benzene rings is 1. The van der Waals surface area contributed by atoms with Crippen LogP contribution in [-0.2, 0) is 4.74 Å². The predicted molar refractivity (Wildman–Crippen MR) is 65.5 cm³/mol. The zero-order chi connectivity index (χ0) is 14.0. The molecule has 0 bridgehead atoms. The van der Waals surface area contributed by atoms with E-state index in [1.165, 1.54) is 31.0 Å². The highest BCUT2D eigenvalue weighted by molar-refractivity contribution is 5.90. The molecule has 2 aromatic rings. The number of esters is 1. The molecule has 1 heterocycles. The molecule has 19 heavy (non-hydrogen) atoms. The number of ether oxygens (including phenoxy) is 1. The van der Waals surface area contributed by atoms with Crippen LogP contribution < -0.4 is 0 Å². The van der Waals surface area contributed by atoms with Gasteiger partial charge in [-0.05, 0) is 19.1 Å². The minimum Gasteiger partial charge on any atom is -0.465 e. The van der Waals surface area contributed by atoms with Gasteiger partial charge in [0.25, 0.3) is 0 Å². The fraction of sp³-hybridized carbons (Fsp3) is 0.231. The first-order valence-corrected chi connectivity index (χ1v) is 5.64. The number of halogens is 1. The van der Waals surface area contributed by atoms with Crippen molar-refractivity contribution in [3.8, 4) is 5.69 Å². The number of nitrogens with zero attached hydrogens (tertiary/aromatic N) is 2. The van der Waals surface area contributed by atoms with Crippen molar-refractivity contribution in [2.24, 2.45) is 0 Å². The van der Waals surface area contributed by atoms with E-state index in [2.05, 4.69) is 9.84 Å². The molecule has 1 N–H and O–H groups in total.